The molecule has 0 amide bonds. The number of halogens is 1. The Balaban J connectivity index is 2.89. The highest BCUT2D eigenvalue weighted by atomic mass is 79.9. The van der Waals surface area contributed by atoms with E-state index in [-0.39, 0.29) is 6.04 Å². The molecule has 96 valence electrons. The van der Waals surface area contributed by atoms with Crippen LogP contribution in [0, 0.1) is 0 Å². The average molecular weight is 312 g/mol. The van der Waals surface area contributed by atoms with E-state index in [1.54, 1.807) is 32.1 Å². The lowest BCUT2D eigenvalue weighted by Gasteiger charge is -2.37. The predicted octanol–water partition coefficient (Wildman–Crippen LogP) is 2.75. The van der Waals surface area contributed by atoms with Gasteiger partial charge in [-0.3, -0.25) is 0 Å². The molecule has 0 aromatic rings. The molecule has 3 nitrogen and oxygen atoms in total. The van der Waals surface area contributed by atoms with Crippen LogP contribution in [0.1, 0.15) is 46.5 Å². The van der Waals surface area contributed by atoms with Gasteiger partial charge in [0.15, 0.2) is 0 Å². The molecule has 0 N–H and O–H groups in total. The lowest BCUT2D eigenvalue weighted by molar-refractivity contribution is 0.291. The first-order valence-electron chi connectivity index (χ1n) is 5.79. The van der Waals surface area contributed by atoms with Gasteiger partial charge >= 0.3 is 0 Å². The van der Waals surface area contributed by atoms with E-state index in [1.807, 2.05) is 0 Å². The molecular weight excluding hydrogens is 290 g/mol. The molecule has 0 bridgehead atoms. The van der Waals surface area contributed by atoms with Gasteiger partial charge in [0.25, 0.3) is 0 Å². The maximum atomic E-state index is 12.3. The fraction of sp³-hybridized carbons (Fsp3) is 1.00. The van der Waals surface area contributed by atoms with Crippen LogP contribution in [0.15, 0.2) is 0 Å². The number of hydrogen-bond acceptors (Lipinski definition) is 2. The Kier molecular flexibility index (Phi) is 4.46. The van der Waals surface area contributed by atoms with Crippen molar-refractivity contribution in [3.05, 3.63) is 0 Å². The zero-order valence-corrected chi connectivity index (χ0v) is 12.9. The van der Waals surface area contributed by atoms with Crippen LogP contribution in [0.3, 0.4) is 0 Å². The van der Waals surface area contributed by atoms with Gasteiger partial charge in [-0.15, -0.1) is 0 Å². The minimum absolute atomic E-state index is 0.109. The highest BCUT2D eigenvalue weighted by molar-refractivity contribution is 9.09. The molecule has 2 atom stereocenters. The van der Waals surface area contributed by atoms with E-state index < -0.39 is 14.8 Å². The summed E-state index contributed by atoms with van der Waals surface area (Å²) in [5.41, 5.74) is 0. The maximum Gasteiger partial charge on any atom is 0.219 e. The highest BCUT2D eigenvalue weighted by Gasteiger charge is 2.39. The van der Waals surface area contributed by atoms with Gasteiger partial charge in [0.2, 0.25) is 10.0 Å². The minimum Gasteiger partial charge on any atom is -0.212 e. The number of alkyl halides is 1. The molecule has 0 spiro atoms. The van der Waals surface area contributed by atoms with Crippen molar-refractivity contribution in [3.8, 4) is 0 Å². The second-order valence-corrected chi connectivity index (χ2v) is 9.43. The molecule has 0 saturated heterocycles. The van der Waals surface area contributed by atoms with Crippen molar-refractivity contribution in [2.45, 2.75) is 62.1 Å². The lowest BCUT2D eigenvalue weighted by atomic mass is 9.95. The Hall–Kier alpha value is 0.390. The van der Waals surface area contributed by atoms with Crippen LogP contribution in [0.2, 0.25) is 0 Å². The summed E-state index contributed by atoms with van der Waals surface area (Å²) in [5, 5.41) is 0. The average Bonchev–Trinajstić information content (AvgIpc) is 2.15. The van der Waals surface area contributed by atoms with Crippen molar-refractivity contribution >= 4 is 26.0 Å². The molecule has 0 aromatic heterocycles. The summed E-state index contributed by atoms with van der Waals surface area (Å²) in [6, 6.07) is 0.109. The van der Waals surface area contributed by atoms with E-state index in [1.165, 1.54) is 6.42 Å². The Morgan fingerprint density at radius 2 is 1.69 bits per heavy atom. The third kappa shape index (κ3) is 2.79. The molecule has 1 aliphatic rings. The van der Waals surface area contributed by atoms with Crippen molar-refractivity contribution in [3.63, 3.8) is 0 Å². The maximum absolute atomic E-state index is 12.3. The molecule has 16 heavy (non-hydrogen) atoms. The molecule has 0 heterocycles. The summed E-state index contributed by atoms with van der Waals surface area (Å²) in [4.78, 5) is 0.295. The van der Waals surface area contributed by atoms with Crippen LogP contribution < -0.4 is 0 Å². The SMILES string of the molecule is CN(C1CCCCC1Br)S(=O)(=O)C(C)(C)C. The van der Waals surface area contributed by atoms with Crippen LogP contribution in [-0.2, 0) is 10.0 Å². The Morgan fingerprint density at radius 1 is 1.19 bits per heavy atom. The normalized spacial score (nSPS) is 28.4. The molecule has 0 aromatic carbocycles. The van der Waals surface area contributed by atoms with Gasteiger partial charge in [-0.25, -0.2) is 12.7 Å². The smallest absolute Gasteiger partial charge is 0.212 e. The van der Waals surface area contributed by atoms with Gasteiger partial charge in [0.1, 0.15) is 0 Å². The third-order valence-electron chi connectivity index (χ3n) is 3.27. The predicted molar refractivity (Wildman–Crippen MR) is 71.4 cm³/mol. The third-order valence-corrected chi connectivity index (χ3v) is 6.91. The van der Waals surface area contributed by atoms with Crippen molar-refractivity contribution < 1.29 is 8.42 Å². The fourth-order valence-corrected chi connectivity index (χ4v) is 4.66. The Morgan fingerprint density at radius 3 is 2.12 bits per heavy atom. The summed E-state index contributed by atoms with van der Waals surface area (Å²) in [7, 11) is -1.49. The van der Waals surface area contributed by atoms with Crippen LogP contribution in [0.5, 0.6) is 0 Å². The summed E-state index contributed by atoms with van der Waals surface area (Å²) in [6.07, 6.45) is 4.34. The summed E-state index contributed by atoms with van der Waals surface area (Å²) >= 11 is 3.61. The van der Waals surface area contributed by atoms with Crippen molar-refractivity contribution in [2.75, 3.05) is 7.05 Å². The first-order chi connectivity index (χ1) is 7.18. The molecule has 1 saturated carbocycles. The zero-order valence-electron chi connectivity index (χ0n) is 10.5. The quantitative estimate of drug-likeness (QED) is 0.735. The molecular formula is C11H22BrNO2S. The van der Waals surface area contributed by atoms with Crippen molar-refractivity contribution in [1.82, 2.24) is 4.31 Å². The molecule has 1 fully saturated rings. The summed E-state index contributed by atoms with van der Waals surface area (Å²) < 4.78 is 25.5. The molecule has 0 aliphatic heterocycles. The van der Waals surface area contributed by atoms with E-state index in [0.29, 0.717) is 4.83 Å². The van der Waals surface area contributed by atoms with Gasteiger partial charge < -0.3 is 0 Å². The zero-order chi connectivity index (χ0) is 12.6. The number of hydrogen-bond donors (Lipinski definition) is 0. The standard InChI is InChI=1S/C11H22BrNO2S/c1-11(2,3)16(14,15)13(4)10-8-6-5-7-9(10)12/h9-10H,5-8H2,1-4H3. The molecule has 5 heteroatoms. The Bertz CT molecular complexity index is 334. The number of rotatable bonds is 2. The minimum atomic E-state index is -3.21. The van der Waals surface area contributed by atoms with Gasteiger partial charge in [0, 0.05) is 17.9 Å². The van der Waals surface area contributed by atoms with Crippen LogP contribution in [0.4, 0.5) is 0 Å². The summed E-state index contributed by atoms with van der Waals surface area (Å²) in [5.74, 6) is 0. The van der Waals surface area contributed by atoms with Gasteiger partial charge in [-0.2, -0.15) is 0 Å². The number of sulfonamides is 1. The molecule has 1 rings (SSSR count). The monoisotopic (exact) mass is 311 g/mol. The van der Waals surface area contributed by atoms with Gasteiger partial charge in [-0.05, 0) is 33.6 Å². The number of nitrogens with zero attached hydrogens (tertiary/aromatic N) is 1. The molecule has 0 radical (unpaired) electrons. The first-order valence-corrected chi connectivity index (χ1v) is 8.15. The summed E-state index contributed by atoms with van der Waals surface area (Å²) in [6.45, 7) is 5.26. The van der Waals surface area contributed by atoms with Crippen molar-refractivity contribution in [2.24, 2.45) is 0 Å². The topological polar surface area (TPSA) is 37.4 Å². The lowest BCUT2D eigenvalue weighted by Crippen LogP contribution is -2.49. The molecule has 1 aliphatic carbocycles. The largest absolute Gasteiger partial charge is 0.219 e. The first kappa shape index (κ1) is 14.5. The van der Waals surface area contributed by atoms with Crippen LogP contribution in [-0.4, -0.2) is 35.4 Å². The van der Waals surface area contributed by atoms with E-state index in [9.17, 15) is 8.42 Å². The van der Waals surface area contributed by atoms with Crippen LogP contribution in [0.25, 0.3) is 0 Å². The second-order valence-electron chi connectivity index (χ2n) is 5.50. The van der Waals surface area contributed by atoms with E-state index in [2.05, 4.69) is 15.9 Å². The van der Waals surface area contributed by atoms with E-state index in [0.717, 1.165) is 19.3 Å². The van der Waals surface area contributed by atoms with E-state index >= 15 is 0 Å². The second kappa shape index (κ2) is 4.94. The molecule has 2 unspecified atom stereocenters. The van der Waals surface area contributed by atoms with Gasteiger partial charge in [-0.1, -0.05) is 28.8 Å². The highest BCUT2D eigenvalue weighted by Crippen LogP contribution is 2.32. The fourth-order valence-electron chi connectivity index (χ4n) is 2.09. The van der Waals surface area contributed by atoms with Gasteiger partial charge in [0.05, 0.1) is 4.75 Å². The van der Waals surface area contributed by atoms with Crippen molar-refractivity contribution in [1.29, 1.82) is 0 Å². The Labute approximate surface area is 108 Å². The van der Waals surface area contributed by atoms with Crippen LogP contribution >= 0.6 is 15.9 Å². The van der Waals surface area contributed by atoms with E-state index in [4.69, 9.17) is 0 Å².